The number of pyridine rings is 1. The monoisotopic (exact) mass is 398 g/mol. The number of nitro groups is 1. The van der Waals surface area contributed by atoms with Gasteiger partial charge in [-0.2, -0.15) is 5.84 Å². The zero-order valence-electron chi connectivity index (χ0n) is 13.9. The lowest BCUT2D eigenvalue weighted by molar-refractivity contribution is -0.477. The third kappa shape index (κ3) is 3.09. The Labute approximate surface area is 160 Å². The molecule has 0 atom stereocenters. The molecule has 0 amide bonds. The molecular weight excluding hydrogens is 386 g/mol. The SMILES string of the molecule is Cc1ccc2c([N+](=O)[O-])cc([N+](N)=O)c(Sc3nc4ccccc4s3)c2n1. The van der Waals surface area contributed by atoms with Crippen molar-refractivity contribution in [3.63, 3.8) is 0 Å². The van der Waals surface area contributed by atoms with Gasteiger partial charge >= 0.3 is 5.69 Å². The Kier molecular flexibility index (Phi) is 4.21. The van der Waals surface area contributed by atoms with Gasteiger partial charge in [0.15, 0.2) is 9.21 Å². The first-order valence-electron chi connectivity index (χ1n) is 7.78. The molecule has 2 heterocycles. The van der Waals surface area contributed by atoms with E-state index in [2.05, 4.69) is 9.97 Å². The second kappa shape index (κ2) is 6.56. The fourth-order valence-corrected chi connectivity index (χ4v) is 4.94. The molecule has 0 saturated heterocycles. The second-order valence-electron chi connectivity index (χ2n) is 5.73. The summed E-state index contributed by atoms with van der Waals surface area (Å²) < 4.78 is 1.70. The number of fused-ring (bicyclic) bond motifs is 2. The fraction of sp³-hybridized carbons (Fsp3) is 0.0588. The van der Waals surface area contributed by atoms with E-state index in [0.29, 0.717) is 25.8 Å². The largest absolute Gasteiger partial charge is 0.314 e. The van der Waals surface area contributed by atoms with Crippen LogP contribution in [-0.4, -0.2) is 19.8 Å². The van der Waals surface area contributed by atoms with E-state index in [9.17, 15) is 15.0 Å². The molecule has 0 unspecified atom stereocenters. The smallest absolute Gasteiger partial charge is 0.258 e. The van der Waals surface area contributed by atoms with Crippen molar-refractivity contribution < 1.29 is 9.79 Å². The van der Waals surface area contributed by atoms with Gasteiger partial charge in [-0.15, -0.1) is 11.3 Å². The third-order valence-electron chi connectivity index (χ3n) is 3.93. The van der Waals surface area contributed by atoms with Gasteiger partial charge in [-0.25, -0.2) is 4.98 Å². The topological polar surface area (TPSA) is 115 Å². The first-order chi connectivity index (χ1) is 12.9. The van der Waals surface area contributed by atoms with Crippen LogP contribution in [0, 0.1) is 21.9 Å². The predicted molar refractivity (Wildman–Crippen MR) is 104 cm³/mol. The Balaban J connectivity index is 1.98. The van der Waals surface area contributed by atoms with E-state index in [0.717, 1.165) is 10.2 Å². The fourth-order valence-electron chi connectivity index (χ4n) is 2.73. The lowest BCUT2D eigenvalue weighted by Crippen LogP contribution is -2.11. The van der Waals surface area contributed by atoms with Crippen LogP contribution < -0.4 is 5.84 Å². The standard InChI is InChI=1S/C17H12N5O3S2/c1-9-6-7-10-12(22(24)25)8-13(21(18)23)16(15(10)19-9)27-17-20-11-4-2-3-5-14(11)26-17/h2-8H,1H3,(H2,18,23)/q+1. The highest BCUT2D eigenvalue weighted by Crippen LogP contribution is 2.44. The molecule has 0 aliphatic heterocycles. The Morgan fingerprint density at radius 2 is 1.89 bits per heavy atom. The molecule has 0 fully saturated rings. The molecule has 2 aromatic heterocycles. The highest BCUT2D eigenvalue weighted by atomic mass is 32.2. The number of aryl methyl sites for hydroxylation is 1. The number of hydrogen-bond acceptors (Lipinski definition) is 7. The first-order valence-corrected chi connectivity index (χ1v) is 9.41. The molecule has 134 valence electrons. The highest BCUT2D eigenvalue weighted by Gasteiger charge is 2.29. The van der Waals surface area contributed by atoms with E-state index in [1.54, 1.807) is 19.1 Å². The van der Waals surface area contributed by atoms with Crippen LogP contribution in [0.4, 0.5) is 11.4 Å². The van der Waals surface area contributed by atoms with Crippen LogP contribution in [0.2, 0.25) is 0 Å². The van der Waals surface area contributed by atoms with Crippen molar-refractivity contribution in [3.8, 4) is 0 Å². The second-order valence-corrected chi connectivity index (χ2v) is 8.01. The summed E-state index contributed by atoms with van der Waals surface area (Å²) in [7, 11) is 0. The molecule has 27 heavy (non-hydrogen) atoms. The van der Waals surface area contributed by atoms with Gasteiger partial charge in [-0.1, -0.05) is 12.1 Å². The molecule has 2 aromatic carbocycles. The van der Waals surface area contributed by atoms with Gasteiger partial charge in [0.05, 0.1) is 37.0 Å². The van der Waals surface area contributed by atoms with Crippen LogP contribution in [0.15, 0.2) is 51.7 Å². The van der Waals surface area contributed by atoms with Crippen molar-refractivity contribution >= 4 is 55.6 Å². The summed E-state index contributed by atoms with van der Waals surface area (Å²) in [5, 5.41) is 11.8. The number of rotatable bonds is 4. The van der Waals surface area contributed by atoms with Gasteiger partial charge in [0.2, 0.25) is 0 Å². The molecule has 4 aromatic rings. The van der Waals surface area contributed by atoms with E-state index < -0.39 is 4.92 Å². The van der Waals surface area contributed by atoms with Crippen molar-refractivity contribution in [2.75, 3.05) is 0 Å². The van der Waals surface area contributed by atoms with Gasteiger partial charge in [0.25, 0.3) is 5.69 Å². The van der Waals surface area contributed by atoms with Gasteiger partial charge in [-0.3, -0.25) is 15.1 Å². The quantitative estimate of drug-likeness (QED) is 0.233. The maximum Gasteiger partial charge on any atom is 0.314 e. The molecule has 0 aliphatic carbocycles. The lowest BCUT2D eigenvalue weighted by Gasteiger charge is -2.06. The van der Waals surface area contributed by atoms with E-state index in [4.69, 9.17) is 5.84 Å². The zero-order valence-corrected chi connectivity index (χ0v) is 15.6. The first kappa shape index (κ1) is 17.3. The Hall–Kier alpha value is -3.11. The van der Waals surface area contributed by atoms with Crippen LogP contribution in [0.1, 0.15) is 5.69 Å². The van der Waals surface area contributed by atoms with Crippen LogP contribution in [0.3, 0.4) is 0 Å². The number of hydrazine groups is 1. The van der Waals surface area contributed by atoms with Gasteiger partial charge < -0.3 is 0 Å². The maximum absolute atomic E-state index is 11.9. The highest BCUT2D eigenvalue weighted by molar-refractivity contribution is 8.01. The zero-order chi connectivity index (χ0) is 19.1. The number of nitrogens with zero attached hydrogens (tertiary/aromatic N) is 4. The number of nitro benzene ring substituents is 1. The van der Waals surface area contributed by atoms with Crippen LogP contribution in [0.5, 0.6) is 0 Å². The molecule has 0 aliphatic rings. The molecule has 0 bridgehead atoms. The average molecular weight is 398 g/mol. The Bertz CT molecular complexity index is 1210. The summed E-state index contributed by atoms with van der Waals surface area (Å²) in [6, 6.07) is 12.2. The minimum atomic E-state index is -0.543. The number of benzene rings is 2. The molecule has 4 rings (SSSR count). The lowest BCUT2D eigenvalue weighted by atomic mass is 10.1. The summed E-state index contributed by atoms with van der Waals surface area (Å²) >= 11 is 2.69. The summed E-state index contributed by atoms with van der Waals surface area (Å²) in [6.07, 6.45) is 0. The molecular formula is C17H12N5O3S2+. The molecule has 0 spiro atoms. The number of non-ortho nitro benzene ring substituents is 1. The van der Waals surface area contributed by atoms with E-state index >= 15 is 0 Å². The van der Waals surface area contributed by atoms with Gasteiger partial charge in [0, 0.05) is 5.69 Å². The number of para-hydroxylation sites is 1. The summed E-state index contributed by atoms with van der Waals surface area (Å²) in [6.45, 7) is 1.78. The summed E-state index contributed by atoms with van der Waals surface area (Å²) in [5.41, 5.74) is 1.64. The van der Waals surface area contributed by atoms with E-state index in [1.807, 2.05) is 24.3 Å². The predicted octanol–water partition coefficient (Wildman–Crippen LogP) is 4.50. The molecule has 2 N–H and O–H groups in total. The number of nitrogens with two attached hydrogens (primary N) is 1. The minimum absolute atomic E-state index is 0.0171. The third-order valence-corrected chi connectivity index (χ3v) is 6.13. The van der Waals surface area contributed by atoms with Crippen LogP contribution in [0.25, 0.3) is 21.1 Å². The maximum atomic E-state index is 11.9. The number of aromatic nitrogens is 2. The number of thiazole rings is 1. The average Bonchev–Trinajstić information content (AvgIpc) is 3.03. The van der Waals surface area contributed by atoms with Crippen molar-refractivity contribution in [3.05, 3.63) is 63.2 Å². The summed E-state index contributed by atoms with van der Waals surface area (Å²) in [5.74, 6) is 5.44. The molecule has 10 heteroatoms. The Morgan fingerprint density at radius 1 is 1.11 bits per heavy atom. The van der Waals surface area contributed by atoms with Gasteiger partial charge in [0.1, 0.15) is 4.90 Å². The van der Waals surface area contributed by atoms with Crippen molar-refractivity contribution in [1.29, 1.82) is 0 Å². The normalized spacial score (nSPS) is 11.1. The van der Waals surface area contributed by atoms with Crippen LogP contribution >= 0.6 is 23.1 Å². The van der Waals surface area contributed by atoms with Crippen LogP contribution in [-0.2, 0) is 0 Å². The molecule has 0 saturated carbocycles. The van der Waals surface area contributed by atoms with Crippen molar-refractivity contribution in [1.82, 2.24) is 9.97 Å². The van der Waals surface area contributed by atoms with Crippen molar-refractivity contribution in [2.24, 2.45) is 5.84 Å². The molecule has 8 nitrogen and oxygen atoms in total. The summed E-state index contributed by atoms with van der Waals surface area (Å²) in [4.78, 5) is 32.4. The Morgan fingerprint density at radius 3 is 2.59 bits per heavy atom. The minimum Gasteiger partial charge on any atom is -0.258 e. The van der Waals surface area contributed by atoms with Crippen molar-refractivity contribution in [2.45, 2.75) is 16.2 Å². The molecule has 0 radical (unpaired) electrons. The van der Waals surface area contributed by atoms with E-state index in [1.165, 1.54) is 29.2 Å². The number of nitroso groups, excluding NO2 is 1. The van der Waals surface area contributed by atoms with E-state index in [-0.39, 0.29) is 16.2 Å². The van der Waals surface area contributed by atoms with Gasteiger partial charge in [-0.05, 0) is 43.0 Å². The number of hydrogen-bond donors (Lipinski definition) is 1.